The van der Waals surface area contributed by atoms with Gasteiger partial charge in [0.25, 0.3) is 0 Å². The average Bonchev–Trinajstić information content (AvgIpc) is 2.18. The molecule has 0 aliphatic carbocycles. The number of hydrogen-bond donors (Lipinski definition) is 1. The van der Waals surface area contributed by atoms with Crippen molar-refractivity contribution in [2.45, 2.75) is 33.6 Å². The van der Waals surface area contributed by atoms with Crippen LogP contribution in [0.4, 0.5) is 5.82 Å². The van der Waals surface area contributed by atoms with Crippen molar-refractivity contribution >= 4 is 5.82 Å². The van der Waals surface area contributed by atoms with E-state index >= 15 is 0 Å². The molecule has 0 aromatic carbocycles. The van der Waals surface area contributed by atoms with E-state index in [0.29, 0.717) is 0 Å². The Bertz CT molecular complexity index is 219. The number of unbranched alkanes of at least 4 members (excludes halogenated alkanes) is 1. The van der Waals surface area contributed by atoms with E-state index in [9.17, 15) is 0 Å². The Hall–Kier alpha value is -1.05. The molecule has 0 unspecified atom stereocenters. The molecule has 0 saturated carbocycles. The molecule has 1 N–H and O–H groups in total. The molecule has 0 fully saturated rings. The number of anilines is 1. The zero-order valence-corrected chi connectivity index (χ0v) is 9.09. The first-order chi connectivity index (χ1) is 6.24. The number of rotatable bonds is 2. The number of nitrogens with zero attached hydrogens (tertiary/aromatic N) is 1. The summed E-state index contributed by atoms with van der Waals surface area (Å²) < 4.78 is 0. The van der Waals surface area contributed by atoms with Gasteiger partial charge in [0.2, 0.25) is 0 Å². The molecule has 0 bridgehead atoms. The molecule has 1 rings (SSSR count). The Labute approximate surface area is 81.4 Å². The first-order valence-electron chi connectivity index (χ1n) is 4.85. The maximum absolute atomic E-state index is 4.05. The van der Waals surface area contributed by atoms with Gasteiger partial charge in [0.15, 0.2) is 0 Å². The van der Waals surface area contributed by atoms with Gasteiger partial charge in [0.05, 0.1) is 0 Å². The van der Waals surface area contributed by atoms with Crippen LogP contribution in [-0.2, 0) is 0 Å². The monoisotopic (exact) mass is 180 g/mol. The Morgan fingerprint density at radius 2 is 1.92 bits per heavy atom. The number of aromatic nitrogens is 1. The summed E-state index contributed by atoms with van der Waals surface area (Å²) in [6, 6.07) is 3.97. The zero-order valence-electron chi connectivity index (χ0n) is 9.09. The highest BCUT2D eigenvalue weighted by Gasteiger charge is 1.86. The van der Waals surface area contributed by atoms with E-state index in [1.165, 1.54) is 18.4 Å². The molecule has 2 nitrogen and oxygen atoms in total. The summed E-state index contributed by atoms with van der Waals surface area (Å²) >= 11 is 0. The van der Waals surface area contributed by atoms with E-state index in [0.717, 1.165) is 5.82 Å². The second-order valence-corrected chi connectivity index (χ2v) is 2.97. The maximum atomic E-state index is 4.05. The molecule has 13 heavy (non-hydrogen) atoms. The maximum Gasteiger partial charge on any atom is 0.125 e. The molecule has 1 aromatic heterocycles. The second kappa shape index (κ2) is 7.59. The number of hydrogen-bond acceptors (Lipinski definition) is 2. The Morgan fingerprint density at radius 1 is 1.31 bits per heavy atom. The molecule has 0 radical (unpaired) electrons. The standard InChI is InChI=1S/C7H10N2.C4H10/c1-6-3-4-9-7(5-6)8-2;1-3-4-2/h3-5H,1-2H3,(H,8,9);3-4H2,1-2H3. The summed E-state index contributed by atoms with van der Waals surface area (Å²) in [5, 5.41) is 2.96. The molecule has 74 valence electrons. The van der Waals surface area contributed by atoms with Gasteiger partial charge in [0, 0.05) is 13.2 Å². The fraction of sp³-hybridized carbons (Fsp3) is 0.545. The van der Waals surface area contributed by atoms with Gasteiger partial charge in [-0.15, -0.1) is 0 Å². The lowest BCUT2D eigenvalue weighted by atomic mass is 10.3. The molecular formula is C11H20N2. The molecule has 0 spiro atoms. The smallest absolute Gasteiger partial charge is 0.125 e. The minimum absolute atomic E-state index is 0.926. The number of pyridine rings is 1. The Balaban J connectivity index is 0.000000310. The third-order valence-corrected chi connectivity index (χ3v) is 1.67. The summed E-state index contributed by atoms with van der Waals surface area (Å²) in [5.74, 6) is 0.926. The van der Waals surface area contributed by atoms with Gasteiger partial charge in [-0.1, -0.05) is 26.7 Å². The minimum atomic E-state index is 0.926. The predicted octanol–water partition coefficient (Wildman–Crippen LogP) is 3.24. The van der Waals surface area contributed by atoms with Gasteiger partial charge in [-0.25, -0.2) is 4.98 Å². The molecule has 0 aliphatic heterocycles. The molecule has 0 aliphatic rings. The number of aryl methyl sites for hydroxylation is 1. The molecule has 0 atom stereocenters. The van der Waals surface area contributed by atoms with Crippen molar-refractivity contribution in [3.63, 3.8) is 0 Å². The molecular weight excluding hydrogens is 160 g/mol. The number of nitrogens with one attached hydrogen (secondary N) is 1. The Morgan fingerprint density at radius 3 is 2.23 bits per heavy atom. The van der Waals surface area contributed by atoms with E-state index in [4.69, 9.17) is 0 Å². The summed E-state index contributed by atoms with van der Waals surface area (Å²) in [5.41, 5.74) is 1.23. The van der Waals surface area contributed by atoms with Crippen molar-refractivity contribution in [1.82, 2.24) is 4.98 Å². The van der Waals surface area contributed by atoms with Crippen molar-refractivity contribution in [3.05, 3.63) is 23.9 Å². The molecule has 1 heterocycles. The predicted molar refractivity (Wildman–Crippen MR) is 59.1 cm³/mol. The second-order valence-electron chi connectivity index (χ2n) is 2.97. The summed E-state index contributed by atoms with van der Waals surface area (Å²) in [7, 11) is 1.86. The van der Waals surface area contributed by atoms with Crippen LogP contribution < -0.4 is 5.32 Å². The van der Waals surface area contributed by atoms with Gasteiger partial charge in [-0.3, -0.25) is 0 Å². The Kier molecular flexibility index (Phi) is 6.98. The van der Waals surface area contributed by atoms with E-state index in [2.05, 4.69) is 24.1 Å². The van der Waals surface area contributed by atoms with Crippen LogP contribution in [0, 0.1) is 6.92 Å². The largest absolute Gasteiger partial charge is 0.373 e. The average molecular weight is 180 g/mol. The van der Waals surface area contributed by atoms with E-state index < -0.39 is 0 Å². The van der Waals surface area contributed by atoms with Crippen LogP contribution >= 0.6 is 0 Å². The highest BCUT2D eigenvalue weighted by Crippen LogP contribution is 2.02. The van der Waals surface area contributed by atoms with Crippen LogP contribution in [0.2, 0.25) is 0 Å². The van der Waals surface area contributed by atoms with Crippen molar-refractivity contribution in [2.24, 2.45) is 0 Å². The third-order valence-electron chi connectivity index (χ3n) is 1.67. The topological polar surface area (TPSA) is 24.9 Å². The first-order valence-corrected chi connectivity index (χ1v) is 4.85. The van der Waals surface area contributed by atoms with Crippen LogP contribution in [0.15, 0.2) is 18.3 Å². The van der Waals surface area contributed by atoms with Gasteiger partial charge < -0.3 is 5.32 Å². The zero-order chi connectivity index (χ0) is 10.1. The van der Waals surface area contributed by atoms with Crippen LogP contribution in [0.5, 0.6) is 0 Å². The normalized spacial score (nSPS) is 8.62. The first kappa shape index (κ1) is 11.9. The van der Waals surface area contributed by atoms with Gasteiger partial charge >= 0.3 is 0 Å². The van der Waals surface area contributed by atoms with Crippen molar-refractivity contribution < 1.29 is 0 Å². The summed E-state index contributed by atoms with van der Waals surface area (Å²) in [4.78, 5) is 4.05. The molecule has 1 aromatic rings. The molecule has 0 amide bonds. The minimum Gasteiger partial charge on any atom is -0.373 e. The summed E-state index contributed by atoms with van der Waals surface area (Å²) in [6.45, 7) is 6.41. The van der Waals surface area contributed by atoms with Crippen LogP contribution in [0.3, 0.4) is 0 Å². The van der Waals surface area contributed by atoms with Crippen molar-refractivity contribution in [1.29, 1.82) is 0 Å². The van der Waals surface area contributed by atoms with Crippen molar-refractivity contribution in [2.75, 3.05) is 12.4 Å². The van der Waals surface area contributed by atoms with Crippen LogP contribution in [-0.4, -0.2) is 12.0 Å². The molecule has 2 heteroatoms. The SMILES string of the molecule is CCCC.CNc1cc(C)ccn1. The van der Waals surface area contributed by atoms with E-state index in [-0.39, 0.29) is 0 Å². The fourth-order valence-corrected chi connectivity index (χ4v) is 0.673. The molecule has 0 saturated heterocycles. The lowest BCUT2D eigenvalue weighted by Crippen LogP contribution is -1.90. The van der Waals surface area contributed by atoms with E-state index in [1.807, 2.05) is 26.1 Å². The van der Waals surface area contributed by atoms with Gasteiger partial charge in [-0.05, 0) is 24.6 Å². The third kappa shape index (κ3) is 6.14. The lowest BCUT2D eigenvalue weighted by molar-refractivity contribution is 0.886. The van der Waals surface area contributed by atoms with Crippen LogP contribution in [0.1, 0.15) is 32.3 Å². The van der Waals surface area contributed by atoms with Crippen molar-refractivity contribution in [3.8, 4) is 0 Å². The quantitative estimate of drug-likeness (QED) is 0.755. The fourth-order valence-electron chi connectivity index (χ4n) is 0.673. The van der Waals surface area contributed by atoms with Crippen LogP contribution in [0.25, 0.3) is 0 Å². The summed E-state index contributed by atoms with van der Waals surface area (Å²) in [6.07, 6.45) is 4.43. The highest BCUT2D eigenvalue weighted by atomic mass is 14.9. The van der Waals surface area contributed by atoms with Gasteiger partial charge in [0.1, 0.15) is 5.82 Å². The van der Waals surface area contributed by atoms with E-state index in [1.54, 1.807) is 6.20 Å². The van der Waals surface area contributed by atoms with Gasteiger partial charge in [-0.2, -0.15) is 0 Å². The lowest BCUT2D eigenvalue weighted by Gasteiger charge is -1.96. The highest BCUT2D eigenvalue weighted by molar-refractivity contribution is 5.35.